The summed E-state index contributed by atoms with van der Waals surface area (Å²) >= 11 is 0. The predicted octanol–water partition coefficient (Wildman–Crippen LogP) is 2.55. The van der Waals surface area contributed by atoms with Crippen molar-refractivity contribution in [1.29, 1.82) is 0 Å². The molecule has 166 valence electrons. The first-order valence-electron chi connectivity index (χ1n) is 11.1. The molecule has 6 nitrogen and oxygen atoms in total. The first kappa shape index (κ1) is 21.7. The Morgan fingerprint density at radius 1 is 1.32 bits per heavy atom. The lowest BCUT2D eigenvalue weighted by atomic mass is 9.90. The Bertz CT molecular complexity index is 961. The number of aryl methyl sites for hydroxylation is 1. The van der Waals surface area contributed by atoms with Crippen molar-refractivity contribution in [1.82, 2.24) is 24.9 Å². The monoisotopic (exact) mass is 425 g/mol. The molecule has 0 bridgehead atoms. The van der Waals surface area contributed by atoms with Crippen LogP contribution in [0.25, 0.3) is 0 Å². The number of likely N-dealkylation sites (N-methyl/N-ethyl adjacent to an activating group) is 1. The third kappa shape index (κ3) is 4.72. The van der Waals surface area contributed by atoms with Crippen LogP contribution in [-0.2, 0) is 25.9 Å². The fourth-order valence-corrected chi connectivity index (χ4v) is 4.55. The van der Waals surface area contributed by atoms with Crippen molar-refractivity contribution in [2.45, 2.75) is 45.3 Å². The van der Waals surface area contributed by atoms with Crippen LogP contribution in [0, 0.1) is 12.7 Å². The summed E-state index contributed by atoms with van der Waals surface area (Å²) in [4.78, 5) is 17.5. The first-order chi connectivity index (χ1) is 15.0. The van der Waals surface area contributed by atoms with E-state index in [1.54, 1.807) is 6.07 Å². The average Bonchev–Trinajstić information content (AvgIpc) is 3.12. The highest BCUT2D eigenvalue weighted by molar-refractivity contribution is 5.94. The first-order valence-corrected chi connectivity index (χ1v) is 11.1. The lowest BCUT2D eigenvalue weighted by Gasteiger charge is -2.32. The molecular weight excluding hydrogens is 393 g/mol. The summed E-state index contributed by atoms with van der Waals surface area (Å²) in [5, 5.41) is 8.30. The number of benzene rings is 1. The number of halogens is 1. The van der Waals surface area contributed by atoms with Crippen molar-refractivity contribution in [3.63, 3.8) is 0 Å². The Morgan fingerprint density at radius 2 is 2.10 bits per heavy atom. The number of piperazine rings is 1. The summed E-state index contributed by atoms with van der Waals surface area (Å²) in [6, 6.07) is 5.14. The fourth-order valence-electron chi connectivity index (χ4n) is 4.55. The average molecular weight is 426 g/mol. The maximum absolute atomic E-state index is 13.6. The predicted molar refractivity (Wildman–Crippen MR) is 120 cm³/mol. The summed E-state index contributed by atoms with van der Waals surface area (Å²) in [5.74, 6) is -0.173. The summed E-state index contributed by atoms with van der Waals surface area (Å²) in [7, 11) is 2.08. The van der Waals surface area contributed by atoms with E-state index in [2.05, 4.69) is 23.8 Å². The number of hydrogen-bond donors (Lipinski definition) is 1. The molecule has 0 radical (unpaired) electrons. The van der Waals surface area contributed by atoms with Gasteiger partial charge in [0.25, 0.3) is 5.91 Å². The van der Waals surface area contributed by atoms with Crippen LogP contribution in [0.5, 0.6) is 0 Å². The lowest BCUT2D eigenvalue weighted by molar-refractivity contribution is 0.0656. The van der Waals surface area contributed by atoms with E-state index in [1.807, 2.05) is 28.6 Å². The van der Waals surface area contributed by atoms with E-state index < -0.39 is 0 Å². The van der Waals surface area contributed by atoms with E-state index >= 15 is 0 Å². The number of amides is 1. The molecule has 7 heteroatoms. The molecule has 2 heterocycles. The minimum Gasteiger partial charge on any atom is -0.335 e. The maximum atomic E-state index is 13.6. The number of aromatic nitrogens is 2. The molecule has 2 aliphatic rings. The van der Waals surface area contributed by atoms with Crippen LogP contribution in [-0.4, -0.2) is 64.8 Å². The second-order valence-corrected chi connectivity index (χ2v) is 8.73. The molecule has 2 aromatic rings. The molecule has 1 atom stereocenters. The van der Waals surface area contributed by atoms with Gasteiger partial charge in [-0.05, 0) is 56.5 Å². The molecule has 0 spiro atoms. The zero-order valence-electron chi connectivity index (χ0n) is 18.5. The van der Waals surface area contributed by atoms with Crippen LogP contribution < -0.4 is 5.32 Å². The molecule has 1 saturated heterocycles. The molecule has 1 aliphatic heterocycles. The van der Waals surface area contributed by atoms with Gasteiger partial charge in [0.1, 0.15) is 5.82 Å². The molecule has 0 saturated carbocycles. The normalized spacial score (nSPS) is 19.3. The number of fused-ring (bicyclic) bond motifs is 1. The zero-order valence-corrected chi connectivity index (χ0v) is 18.5. The zero-order chi connectivity index (χ0) is 22.0. The second kappa shape index (κ2) is 9.32. The smallest absolute Gasteiger partial charge is 0.274 e. The number of carbonyl (C=O) groups excluding carboxylic acids is 1. The maximum Gasteiger partial charge on any atom is 0.274 e. The van der Waals surface area contributed by atoms with E-state index in [4.69, 9.17) is 5.10 Å². The summed E-state index contributed by atoms with van der Waals surface area (Å²) in [5.41, 5.74) is 4.86. The third-order valence-corrected chi connectivity index (χ3v) is 6.53. The molecule has 4 rings (SSSR count). The van der Waals surface area contributed by atoms with Crippen molar-refractivity contribution >= 4 is 5.91 Å². The second-order valence-electron chi connectivity index (χ2n) is 8.73. The van der Waals surface area contributed by atoms with Crippen molar-refractivity contribution < 1.29 is 9.18 Å². The Labute approximate surface area is 183 Å². The van der Waals surface area contributed by atoms with Crippen LogP contribution in [0.15, 0.2) is 30.9 Å². The van der Waals surface area contributed by atoms with Crippen molar-refractivity contribution in [2.24, 2.45) is 0 Å². The van der Waals surface area contributed by atoms with Crippen molar-refractivity contribution in [3.8, 4) is 0 Å². The third-order valence-electron chi connectivity index (χ3n) is 6.53. The number of nitrogens with one attached hydrogen (secondary N) is 1. The van der Waals surface area contributed by atoms with E-state index in [0.717, 1.165) is 67.8 Å². The van der Waals surface area contributed by atoms with Gasteiger partial charge in [0, 0.05) is 50.0 Å². The quantitative estimate of drug-likeness (QED) is 0.723. The minimum absolute atomic E-state index is 0.0359. The van der Waals surface area contributed by atoms with Crippen LogP contribution >= 0.6 is 0 Å². The van der Waals surface area contributed by atoms with E-state index in [0.29, 0.717) is 18.8 Å². The van der Waals surface area contributed by atoms with Crippen LogP contribution in [0.1, 0.15) is 39.3 Å². The highest BCUT2D eigenvalue weighted by atomic mass is 19.1. The Kier molecular flexibility index (Phi) is 6.53. The van der Waals surface area contributed by atoms with Crippen LogP contribution in [0.3, 0.4) is 0 Å². The number of carbonyl (C=O) groups is 1. The summed E-state index contributed by atoms with van der Waals surface area (Å²) in [6.07, 6.45) is 4.42. The van der Waals surface area contributed by atoms with Crippen LogP contribution in [0.2, 0.25) is 0 Å². The van der Waals surface area contributed by atoms with Crippen molar-refractivity contribution in [3.05, 3.63) is 64.7 Å². The van der Waals surface area contributed by atoms with E-state index in [-0.39, 0.29) is 17.8 Å². The highest BCUT2D eigenvalue weighted by Crippen LogP contribution is 2.27. The fraction of sp³-hybridized carbons (Fsp3) is 0.500. The van der Waals surface area contributed by atoms with E-state index in [1.165, 1.54) is 6.07 Å². The molecule has 1 N–H and O–H groups in total. The molecule has 1 amide bonds. The molecule has 1 aliphatic carbocycles. The Hall–Kier alpha value is -2.51. The van der Waals surface area contributed by atoms with Gasteiger partial charge in [0.05, 0.1) is 6.54 Å². The highest BCUT2D eigenvalue weighted by Gasteiger charge is 2.31. The number of hydrogen-bond acceptors (Lipinski definition) is 4. The van der Waals surface area contributed by atoms with Gasteiger partial charge in [-0.15, -0.1) is 6.58 Å². The summed E-state index contributed by atoms with van der Waals surface area (Å²) < 4.78 is 15.6. The van der Waals surface area contributed by atoms with Crippen molar-refractivity contribution in [2.75, 3.05) is 33.2 Å². The Balaban J connectivity index is 1.52. The van der Waals surface area contributed by atoms with Gasteiger partial charge in [-0.1, -0.05) is 12.1 Å². The van der Waals surface area contributed by atoms with Gasteiger partial charge in [-0.2, -0.15) is 5.10 Å². The van der Waals surface area contributed by atoms with Gasteiger partial charge in [0.2, 0.25) is 0 Å². The largest absolute Gasteiger partial charge is 0.335 e. The number of nitrogens with zero attached hydrogens (tertiary/aromatic N) is 4. The van der Waals surface area contributed by atoms with Gasteiger partial charge < -0.3 is 15.1 Å². The SMILES string of the molecule is C=CCn1nc(C(=O)N2CCN(C)CC2)c2c1CCC(NCc1cc(F)ccc1C)C2. The molecule has 1 fully saturated rings. The molecule has 31 heavy (non-hydrogen) atoms. The molecule has 1 unspecified atom stereocenters. The Morgan fingerprint density at radius 3 is 2.84 bits per heavy atom. The standard InChI is InChI=1S/C24H32FN5O/c1-4-9-30-22-8-7-20(26-16-18-14-19(25)6-5-17(18)2)15-21(22)23(27-30)24(31)29-12-10-28(3)11-13-29/h4-6,14,20,26H,1,7-13,15-16H2,2-3H3. The lowest BCUT2D eigenvalue weighted by Crippen LogP contribution is -2.47. The molecular formula is C24H32FN5O. The van der Waals surface area contributed by atoms with Gasteiger partial charge >= 0.3 is 0 Å². The van der Waals surface area contributed by atoms with Gasteiger partial charge in [-0.25, -0.2) is 4.39 Å². The van der Waals surface area contributed by atoms with Crippen LogP contribution in [0.4, 0.5) is 4.39 Å². The molecule has 1 aromatic heterocycles. The van der Waals surface area contributed by atoms with E-state index in [9.17, 15) is 9.18 Å². The molecule has 1 aromatic carbocycles. The number of rotatable bonds is 6. The minimum atomic E-state index is -0.209. The van der Waals surface area contributed by atoms with Gasteiger partial charge in [-0.3, -0.25) is 9.48 Å². The topological polar surface area (TPSA) is 53.4 Å². The number of allylic oxidation sites excluding steroid dienone is 1. The summed E-state index contributed by atoms with van der Waals surface area (Å²) in [6.45, 7) is 10.3. The van der Waals surface area contributed by atoms with Gasteiger partial charge in [0.15, 0.2) is 5.69 Å².